The van der Waals surface area contributed by atoms with Crippen molar-refractivity contribution in [1.82, 2.24) is 0 Å². The Labute approximate surface area is 115 Å². The lowest BCUT2D eigenvalue weighted by molar-refractivity contribution is 1.52. The molecule has 0 heterocycles. The van der Waals surface area contributed by atoms with Crippen LogP contribution < -0.4 is 0 Å². The Kier molecular flexibility index (Phi) is 4.06. The third-order valence-electron chi connectivity index (χ3n) is 2.14. The second-order valence-electron chi connectivity index (χ2n) is 3.38. The molecule has 0 aliphatic heterocycles. The Morgan fingerprint density at radius 3 is 2.06 bits per heavy atom. The van der Waals surface area contributed by atoms with Crippen LogP contribution in [0.25, 0.3) is 0 Å². The maximum absolute atomic E-state index is 6.04. The molecule has 0 aromatic heterocycles. The Morgan fingerprint density at radius 2 is 1.47 bits per heavy atom. The van der Waals surface area contributed by atoms with Crippen molar-refractivity contribution in [1.29, 1.82) is 0 Å². The van der Waals surface area contributed by atoms with Crippen molar-refractivity contribution in [3.63, 3.8) is 0 Å². The fourth-order valence-electron chi connectivity index (χ4n) is 1.33. The van der Waals surface area contributed by atoms with Crippen molar-refractivity contribution < 1.29 is 0 Å². The summed E-state index contributed by atoms with van der Waals surface area (Å²) < 4.78 is 0. The smallest absolute Gasteiger partial charge is 0.0629 e. The van der Waals surface area contributed by atoms with Gasteiger partial charge in [-0.25, -0.2) is 0 Å². The molecule has 0 radical (unpaired) electrons. The van der Waals surface area contributed by atoms with E-state index in [0.29, 0.717) is 20.6 Å². The van der Waals surface area contributed by atoms with Gasteiger partial charge in [-0.1, -0.05) is 53.0 Å². The molecule has 0 saturated carbocycles. The molecule has 0 unspecified atom stereocenters. The zero-order valence-electron chi connectivity index (χ0n) is 8.70. The molecule has 0 fully saturated rings. The minimum Gasteiger partial charge on any atom is -0.256 e. The van der Waals surface area contributed by atoms with Crippen LogP contribution in [0.2, 0.25) is 15.1 Å². The predicted molar refractivity (Wildman–Crippen MR) is 75.2 cm³/mol. The summed E-state index contributed by atoms with van der Waals surface area (Å²) in [5, 5.41) is 1.49. The van der Waals surface area contributed by atoms with Crippen LogP contribution in [0.1, 0.15) is 5.56 Å². The van der Waals surface area contributed by atoms with Crippen LogP contribution >= 0.6 is 34.8 Å². The zero-order chi connectivity index (χ0) is 12.3. The summed E-state index contributed by atoms with van der Waals surface area (Å²) in [7, 11) is 0. The van der Waals surface area contributed by atoms with E-state index in [9.17, 15) is 0 Å². The molecule has 86 valence electrons. The van der Waals surface area contributed by atoms with Gasteiger partial charge in [0.2, 0.25) is 0 Å². The zero-order valence-corrected chi connectivity index (χ0v) is 11.0. The van der Waals surface area contributed by atoms with Gasteiger partial charge in [0.1, 0.15) is 0 Å². The second-order valence-corrected chi connectivity index (χ2v) is 4.63. The van der Waals surface area contributed by atoms with E-state index < -0.39 is 0 Å². The highest BCUT2D eigenvalue weighted by Gasteiger charge is 2.05. The van der Waals surface area contributed by atoms with Crippen LogP contribution in [0.4, 0.5) is 5.69 Å². The van der Waals surface area contributed by atoms with Gasteiger partial charge in [0.05, 0.1) is 15.7 Å². The first-order valence-electron chi connectivity index (χ1n) is 4.90. The minimum absolute atomic E-state index is 0.488. The van der Waals surface area contributed by atoms with Gasteiger partial charge < -0.3 is 0 Å². The molecular weight excluding hydrogens is 277 g/mol. The number of benzene rings is 2. The van der Waals surface area contributed by atoms with Crippen molar-refractivity contribution in [3.8, 4) is 0 Å². The number of hydrogen-bond acceptors (Lipinski definition) is 1. The summed E-state index contributed by atoms with van der Waals surface area (Å²) in [6.45, 7) is 0. The predicted octanol–water partition coefficient (Wildman–Crippen LogP) is 5.40. The van der Waals surface area contributed by atoms with Crippen molar-refractivity contribution in [2.24, 2.45) is 4.99 Å². The molecule has 0 atom stereocenters. The topological polar surface area (TPSA) is 12.4 Å². The molecule has 0 N–H and O–H groups in total. The van der Waals surface area contributed by atoms with Gasteiger partial charge in [0.25, 0.3) is 0 Å². The normalized spacial score (nSPS) is 11.0. The van der Waals surface area contributed by atoms with Gasteiger partial charge in [-0.15, -0.1) is 0 Å². The molecule has 4 heteroatoms. The van der Waals surface area contributed by atoms with E-state index in [4.69, 9.17) is 34.8 Å². The number of halogens is 3. The average molecular weight is 285 g/mol. The maximum Gasteiger partial charge on any atom is 0.0629 e. The van der Waals surface area contributed by atoms with Crippen LogP contribution in [-0.4, -0.2) is 6.21 Å². The second kappa shape index (κ2) is 5.54. The Hall–Kier alpha value is -1.02. The summed E-state index contributed by atoms with van der Waals surface area (Å²) in [6.07, 6.45) is 1.64. The Morgan fingerprint density at radius 1 is 0.882 bits per heavy atom. The van der Waals surface area contributed by atoms with Gasteiger partial charge >= 0.3 is 0 Å². The van der Waals surface area contributed by atoms with Crippen LogP contribution in [0.15, 0.2) is 47.5 Å². The molecule has 0 bridgehead atoms. The number of hydrogen-bond donors (Lipinski definition) is 0. The minimum atomic E-state index is 0.488. The standard InChI is InChI=1S/C13H8Cl3N/c14-9-6-12(15)11(13(16)7-9)8-17-10-4-2-1-3-5-10/h1-8H/b17-8+. The molecule has 0 aliphatic rings. The van der Waals surface area contributed by atoms with Crippen molar-refractivity contribution in [2.75, 3.05) is 0 Å². The highest BCUT2D eigenvalue weighted by molar-refractivity contribution is 6.41. The van der Waals surface area contributed by atoms with E-state index in [1.54, 1.807) is 18.3 Å². The van der Waals surface area contributed by atoms with Crippen LogP contribution in [-0.2, 0) is 0 Å². The first-order valence-corrected chi connectivity index (χ1v) is 6.04. The molecule has 17 heavy (non-hydrogen) atoms. The summed E-state index contributed by atoms with van der Waals surface area (Å²) in [6, 6.07) is 12.8. The first kappa shape index (κ1) is 12.4. The lowest BCUT2D eigenvalue weighted by atomic mass is 10.2. The molecule has 2 rings (SSSR count). The van der Waals surface area contributed by atoms with E-state index in [-0.39, 0.29) is 0 Å². The average Bonchev–Trinajstić information content (AvgIpc) is 2.29. The first-order chi connectivity index (χ1) is 8.16. The number of nitrogens with zero attached hydrogens (tertiary/aromatic N) is 1. The van der Waals surface area contributed by atoms with E-state index in [1.807, 2.05) is 30.3 Å². The SMILES string of the molecule is Clc1cc(Cl)c(/C=N/c2ccccc2)c(Cl)c1. The van der Waals surface area contributed by atoms with E-state index in [1.165, 1.54) is 0 Å². The number of para-hydroxylation sites is 1. The molecule has 1 nitrogen and oxygen atoms in total. The van der Waals surface area contributed by atoms with Crippen LogP contribution in [0.3, 0.4) is 0 Å². The molecule has 0 aliphatic carbocycles. The van der Waals surface area contributed by atoms with Crippen molar-refractivity contribution in [2.45, 2.75) is 0 Å². The molecule has 2 aromatic rings. The highest BCUT2D eigenvalue weighted by atomic mass is 35.5. The summed E-state index contributed by atoms with van der Waals surface area (Å²) >= 11 is 17.9. The van der Waals surface area contributed by atoms with Gasteiger partial charge in [-0.05, 0) is 24.3 Å². The highest BCUT2D eigenvalue weighted by Crippen LogP contribution is 2.28. The van der Waals surface area contributed by atoms with Crippen LogP contribution in [0, 0.1) is 0 Å². The fourth-order valence-corrected chi connectivity index (χ4v) is 2.24. The van der Waals surface area contributed by atoms with Gasteiger partial charge in [-0.2, -0.15) is 0 Å². The third kappa shape index (κ3) is 3.22. The lowest BCUT2D eigenvalue weighted by Crippen LogP contribution is -1.85. The quantitative estimate of drug-likeness (QED) is 0.655. The van der Waals surface area contributed by atoms with Crippen LogP contribution in [0.5, 0.6) is 0 Å². The Balaban J connectivity index is 2.34. The van der Waals surface area contributed by atoms with Gasteiger partial charge in [0, 0.05) is 16.8 Å². The number of aliphatic imine (C=N–C) groups is 1. The van der Waals surface area contributed by atoms with E-state index in [0.717, 1.165) is 5.69 Å². The molecule has 0 saturated heterocycles. The molecule has 0 amide bonds. The third-order valence-corrected chi connectivity index (χ3v) is 2.99. The molecule has 2 aromatic carbocycles. The molecular formula is C13H8Cl3N. The van der Waals surface area contributed by atoms with Crippen molar-refractivity contribution in [3.05, 3.63) is 63.1 Å². The summed E-state index contributed by atoms with van der Waals surface area (Å²) in [5.74, 6) is 0. The monoisotopic (exact) mass is 283 g/mol. The Bertz CT molecular complexity index is 527. The summed E-state index contributed by atoms with van der Waals surface area (Å²) in [5.41, 5.74) is 1.51. The van der Waals surface area contributed by atoms with Crippen molar-refractivity contribution >= 4 is 46.7 Å². The number of rotatable bonds is 2. The fraction of sp³-hybridized carbons (Fsp3) is 0. The maximum atomic E-state index is 6.04. The van der Waals surface area contributed by atoms with E-state index in [2.05, 4.69) is 4.99 Å². The largest absolute Gasteiger partial charge is 0.256 e. The van der Waals surface area contributed by atoms with Gasteiger partial charge in [0.15, 0.2) is 0 Å². The molecule has 0 spiro atoms. The van der Waals surface area contributed by atoms with Gasteiger partial charge in [-0.3, -0.25) is 4.99 Å². The lowest BCUT2D eigenvalue weighted by Gasteiger charge is -2.02. The summed E-state index contributed by atoms with van der Waals surface area (Å²) in [4.78, 5) is 4.29. The van der Waals surface area contributed by atoms with E-state index >= 15 is 0 Å².